The van der Waals surface area contributed by atoms with Crippen molar-refractivity contribution in [1.82, 2.24) is 0 Å². The first kappa shape index (κ1) is 20.3. The van der Waals surface area contributed by atoms with Crippen LogP contribution in [-0.2, 0) is 41.2 Å². The van der Waals surface area contributed by atoms with Crippen LogP contribution in [0.1, 0.15) is 54.5 Å². The van der Waals surface area contributed by atoms with Crippen molar-refractivity contribution in [2.45, 2.75) is 69.2 Å². The monoisotopic (exact) mass is 415 g/mol. The number of aliphatic hydroxyl groups is 2. The molecular formula is C22H29N3O3S. The van der Waals surface area contributed by atoms with Gasteiger partial charge in [-0.25, -0.2) is 9.35 Å². The number of fused-ring (bicyclic) bond motifs is 2. The van der Waals surface area contributed by atoms with E-state index in [9.17, 15) is 14.4 Å². The Hall–Kier alpha value is -1.93. The lowest BCUT2D eigenvalue weighted by molar-refractivity contribution is 0.0784. The van der Waals surface area contributed by atoms with E-state index in [1.807, 2.05) is 0 Å². The fourth-order valence-electron chi connectivity index (χ4n) is 4.41. The molecule has 0 aromatic heterocycles. The molecule has 0 saturated carbocycles. The zero-order valence-electron chi connectivity index (χ0n) is 16.9. The molecular weight excluding hydrogens is 386 g/mol. The highest BCUT2D eigenvalue weighted by atomic mass is 32.2. The number of hydrogen-bond acceptors (Lipinski definition) is 5. The maximum absolute atomic E-state index is 13.1. The summed E-state index contributed by atoms with van der Waals surface area (Å²) in [5.74, 6) is 0. The van der Waals surface area contributed by atoms with E-state index in [0.717, 1.165) is 44.2 Å². The van der Waals surface area contributed by atoms with Crippen LogP contribution in [0.4, 0.5) is 5.69 Å². The summed E-state index contributed by atoms with van der Waals surface area (Å²) in [5, 5.41) is 29.9. The third-order valence-electron chi connectivity index (χ3n) is 5.88. The molecule has 0 bridgehead atoms. The lowest BCUT2D eigenvalue weighted by Gasteiger charge is -2.20. The molecule has 2 atom stereocenters. The molecule has 7 heteroatoms. The Morgan fingerprint density at radius 2 is 1.72 bits per heavy atom. The van der Waals surface area contributed by atoms with Crippen molar-refractivity contribution in [2.75, 3.05) is 5.32 Å². The third-order valence-corrected chi connectivity index (χ3v) is 7.32. The van der Waals surface area contributed by atoms with Gasteiger partial charge in [0.25, 0.3) is 0 Å². The fraction of sp³-hybridized carbons (Fsp3) is 0.455. The smallest absolute Gasteiger partial charge is 0.233 e. The lowest BCUT2D eigenvalue weighted by atomic mass is 9.99. The van der Waals surface area contributed by atoms with Gasteiger partial charge in [-0.05, 0) is 92.3 Å². The number of hydrogen-bond donors (Lipinski definition) is 4. The van der Waals surface area contributed by atoms with Crippen LogP contribution >= 0.6 is 0 Å². The van der Waals surface area contributed by atoms with Gasteiger partial charge in [-0.1, -0.05) is 18.2 Å². The second-order valence-electron chi connectivity index (χ2n) is 8.51. The van der Waals surface area contributed by atoms with Crippen LogP contribution in [0, 0.1) is 0 Å². The SMILES string of the molecule is CC(C)(O)c1cccc(S(N)(=O)=NC(O)Nc2c3c(cc4c2CCC4)CCC3)c1. The highest BCUT2D eigenvalue weighted by molar-refractivity contribution is 7.91. The summed E-state index contributed by atoms with van der Waals surface area (Å²) >= 11 is 0. The molecule has 2 aliphatic rings. The first-order valence-corrected chi connectivity index (χ1v) is 11.7. The number of benzene rings is 2. The van der Waals surface area contributed by atoms with Crippen LogP contribution in [-0.4, -0.2) is 20.8 Å². The topological polar surface area (TPSA) is 108 Å². The van der Waals surface area contributed by atoms with Gasteiger partial charge in [0.2, 0.25) is 6.35 Å². The largest absolute Gasteiger partial charge is 0.386 e. The Morgan fingerprint density at radius 1 is 1.10 bits per heavy atom. The molecule has 6 nitrogen and oxygen atoms in total. The average Bonchev–Trinajstić information content (AvgIpc) is 3.29. The molecule has 0 saturated heterocycles. The number of aliphatic hydroxyl groups excluding tert-OH is 1. The van der Waals surface area contributed by atoms with Gasteiger partial charge < -0.3 is 15.5 Å². The average molecular weight is 416 g/mol. The maximum atomic E-state index is 13.1. The Bertz CT molecular complexity index is 1030. The number of aryl methyl sites for hydroxylation is 2. The normalized spacial score (nSPS) is 18.7. The Kier molecular flexibility index (Phi) is 5.19. The Labute approximate surface area is 172 Å². The van der Waals surface area contributed by atoms with Crippen molar-refractivity contribution in [3.05, 3.63) is 58.1 Å². The van der Waals surface area contributed by atoms with Gasteiger partial charge in [0.05, 0.1) is 10.5 Å². The summed E-state index contributed by atoms with van der Waals surface area (Å²) in [6, 6.07) is 8.92. The molecule has 0 radical (unpaired) electrons. The zero-order valence-corrected chi connectivity index (χ0v) is 17.8. The van der Waals surface area contributed by atoms with Crippen molar-refractivity contribution in [1.29, 1.82) is 0 Å². The van der Waals surface area contributed by atoms with E-state index in [-0.39, 0.29) is 4.90 Å². The van der Waals surface area contributed by atoms with Crippen LogP contribution in [0.15, 0.2) is 39.6 Å². The van der Waals surface area contributed by atoms with Gasteiger partial charge in [0.15, 0.2) is 0 Å². The minimum Gasteiger partial charge on any atom is -0.386 e. The summed E-state index contributed by atoms with van der Waals surface area (Å²) < 4.78 is 17.1. The molecule has 0 aliphatic heterocycles. The summed E-state index contributed by atoms with van der Waals surface area (Å²) in [5.41, 5.74) is 5.61. The first-order chi connectivity index (χ1) is 13.6. The summed E-state index contributed by atoms with van der Waals surface area (Å²) in [7, 11) is -3.34. The molecule has 5 N–H and O–H groups in total. The highest BCUT2D eigenvalue weighted by Crippen LogP contribution is 2.39. The van der Waals surface area contributed by atoms with Crippen LogP contribution in [0.3, 0.4) is 0 Å². The number of anilines is 1. The Balaban J connectivity index is 1.66. The predicted molar refractivity (Wildman–Crippen MR) is 115 cm³/mol. The van der Waals surface area contributed by atoms with Crippen molar-refractivity contribution < 1.29 is 14.4 Å². The molecule has 29 heavy (non-hydrogen) atoms. The summed E-state index contributed by atoms with van der Waals surface area (Å²) in [6.45, 7) is 3.29. The van der Waals surface area contributed by atoms with Crippen molar-refractivity contribution in [3.63, 3.8) is 0 Å². The van der Waals surface area contributed by atoms with Gasteiger partial charge in [-0.3, -0.25) is 0 Å². The van der Waals surface area contributed by atoms with Crippen LogP contribution in [0.5, 0.6) is 0 Å². The van der Waals surface area contributed by atoms with Crippen molar-refractivity contribution in [2.24, 2.45) is 9.50 Å². The molecule has 2 aromatic rings. The highest BCUT2D eigenvalue weighted by Gasteiger charge is 2.25. The van der Waals surface area contributed by atoms with Gasteiger partial charge in [0.1, 0.15) is 9.92 Å². The quantitative estimate of drug-likeness (QED) is 0.563. The van der Waals surface area contributed by atoms with Crippen LogP contribution in [0.25, 0.3) is 0 Å². The van der Waals surface area contributed by atoms with E-state index in [1.54, 1.807) is 38.1 Å². The van der Waals surface area contributed by atoms with Crippen molar-refractivity contribution in [3.8, 4) is 0 Å². The molecule has 2 aliphatic carbocycles. The first-order valence-electron chi connectivity index (χ1n) is 10.1. The number of nitrogens with two attached hydrogens (primary N) is 1. The van der Waals surface area contributed by atoms with E-state index in [0.29, 0.717) is 5.56 Å². The summed E-state index contributed by atoms with van der Waals surface area (Å²) in [6.07, 6.45) is 4.90. The maximum Gasteiger partial charge on any atom is 0.233 e. The summed E-state index contributed by atoms with van der Waals surface area (Å²) in [4.78, 5) is 0.279. The molecule has 4 rings (SSSR count). The fourth-order valence-corrected chi connectivity index (χ4v) is 5.45. The second kappa shape index (κ2) is 7.40. The van der Waals surface area contributed by atoms with Crippen LogP contribution < -0.4 is 10.5 Å². The van der Waals surface area contributed by atoms with Crippen LogP contribution in [0.2, 0.25) is 0 Å². The Morgan fingerprint density at radius 3 is 2.31 bits per heavy atom. The van der Waals surface area contributed by atoms with Gasteiger partial charge in [0, 0.05) is 5.69 Å². The predicted octanol–water partition coefficient (Wildman–Crippen LogP) is 2.98. The zero-order chi connectivity index (χ0) is 20.8. The third kappa shape index (κ3) is 4.05. The van der Waals surface area contributed by atoms with Crippen molar-refractivity contribution >= 4 is 15.6 Å². The molecule has 2 unspecified atom stereocenters. The van der Waals surface area contributed by atoms with E-state index < -0.39 is 21.9 Å². The number of nitrogens with zero attached hydrogens (tertiary/aromatic N) is 1. The number of rotatable bonds is 5. The van der Waals surface area contributed by atoms with Gasteiger partial charge in [-0.2, -0.15) is 4.36 Å². The van der Waals surface area contributed by atoms with E-state index in [1.165, 1.54) is 22.3 Å². The molecule has 0 fully saturated rings. The van der Waals surface area contributed by atoms with E-state index >= 15 is 0 Å². The van der Waals surface area contributed by atoms with Gasteiger partial charge in [-0.15, -0.1) is 0 Å². The second-order valence-corrected chi connectivity index (χ2v) is 10.3. The minimum atomic E-state index is -3.34. The van der Waals surface area contributed by atoms with E-state index in [4.69, 9.17) is 5.14 Å². The van der Waals surface area contributed by atoms with E-state index in [2.05, 4.69) is 15.7 Å². The molecule has 0 heterocycles. The standard InChI is InChI=1S/C22H29N3O3S/c1-22(2,27)16-8-5-9-17(13-16)29(23,28)25-21(26)24-20-18-10-3-6-14(18)12-15-7-4-11-19(15)20/h5,8-9,12-13,21,24,26-27H,3-4,6-7,10-11H2,1-2H3,(H2,23,25,28). The lowest BCUT2D eigenvalue weighted by Crippen LogP contribution is -2.24. The molecule has 0 spiro atoms. The minimum absolute atomic E-state index is 0.279. The number of nitrogens with one attached hydrogen (secondary N) is 1. The molecule has 2 aromatic carbocycles. The van der Waals surface area contributed by atoms with Gasteiger partial charge >= 0.3 is 0 Å². The molecule has 156 valence electrons. The molecule has 0 amide bonds.